The zero-order valence-electron chi connectivity index (χ0n) is 7.89. The molecule has 1 aromatic heterocycles. The summed E-state index contributed by atoms with van der Waals surface area (Å²) in [5.41, 5.74) is 7.92. The lowest BCUT2D eigenvalue weighted by Crippen LogP contribution is -2.00. The van der Waals surface area contributed by atoms with Crippen molar-refractivity contribution in [3.8, 4) is 0 Å². The molecule has 14 heavy (non-hydrogen) atoms. The largest absolute Gasteiger partial charge is 0.357 e. The molecule has 1 aromatic carbocycles. The van der Waals surface area contributed by atoms with Crippen molar-refractivity contribution < 1.29 is 0 Å². The minimum Gasteiger partial charge on any atom is -0.357 e. The second-order valence-electron chi connectivity index (χ2n) is 3.39. The normalized spacial score (nSPS) is 11.0. The first kappa shape index (κ1) is 9.74. The first-order valence-corrected chi connectivity index (χ1v) is 5.57. The number of para-hydroxylation sites is 1. The van der Waals surface area contributed by atoms with Gasteiger partial charge in [-0.15, -0.1) is 0 Å². The van der Waals surface area contributed by atoms with Gasteiger partial charge in [0.25, 0.3) is 0 Å². The third-order valence-electron chi connectivity index (χ3n) is 2.31. The zero-order valence-corrected chi connectivity index (χ0v) is 9.47. The fourth-order valence-electron chi connectivity index (χ4n) is 1.60. The number of aromatic amines is 1. The molecule has 3 N–H and O–H groups in total. The molecule has 0 bridgehead atoms. The molecular formula is C11H13BrN2. The fraction of sp³-hybridized carbons (Fsp3) is 0.273. The minimum absolute atomic E-state index is 0.747. The monoisotopic (exact) mass is 252 g/mol. The Balaban J connectivity index is 2.36. The van der Waals surface area contributed by atoms with Crippen molar-refractivity contribution >= 4 is 26.8 Å². The quantitative estimate of drug-likeness (QED) is 0.867. The summed E-state index contributed by atoms with van der Waals surface area (Å²) in [7, 11) is 0. The maximum Gasteiger partial charge on any atom is 0.0600 e. The highest BCUT2D eigenvalue weighted by Crippen LogP contribution is 2.24. The Morgan fingerprint density at radius 1 is 1.36 bits per heavy atom. The highest BCUT2D eigenvalue weighted by Gasteiger charge is 2.02. The Kier molecular flexibility index (Phi) is 2.89. The van der Waals surface area contributed by atoms with Crippen LogP contribution in [0.2, 0.25) is 0 Å². The van der Waals surface area contributed by atoms with Crippen LogP contribution in [0, 0.1) is 0 Å². The molecular weight excluding hydrogens is 240 g/mol. The third kappa shape index (κ3) is 1.83. The Morgan fingerprint density at radius 2 is 2.21 bits per heavy atom. The number of hydrogen-bond donors (Lipinski definition) is 2. The van der Waals surface area contributed by atoms with Crippen LogP contribution in [0.25, 0.3) is 10.9 Å². The molecule has 74 valence electrons. The molecule has 0 fully saturated rings. The zero-order chi connectivity index (χ0) is 9.97. The lowest BCUT2D eigenvalue weighted by Gasteiger charge is -1.94. The minimum atomic E-state index is 0.747. The van der Waals surface area contributed by atoms with Crippen LogP contribution >= 0.6 is 15.9 Å². The van der Waals surface area contributed by atoms with E-state index in [9.17, 15) is 0 Å². The molecule has 0 spiro atoms. The number of nitrogens with one attached hydrogen (secondary N) is 1. The van der Waals surface area contributed by atoms with Gasteiger partial charge >= 0.3 is 0 Å². The van der Waals surface area contributed by atoms with Crippen molar-refractivity contribution in [3.63, 3.8) is 0 Å². The van der Waals surface area contributed by atoms with Crippen molar-refractivity contribution in [1.29, 1.82) is 0 Å². The van der Waals surface area contributed by atoms with Gasteiger partial charge in [-0.1, -0.05) is 12.1 Å². The fourth-order valence-corrected chi connectivity index (χ4v) is 2.09. The SMILES string of the molecule is NCCCc1cc2cccc(Br)c2[nH]1. The van der Waals surface area contributed by atoms with Gasteiger partial charge in [0.15, 0.2) is 0 Å². The molecule has 0 saturated carbocycles. The highest BCUT2D eigenvalue weighted by molar-refractivity contribution is 9.10. The first-order valence-electron chi connectivity index (χ1n) is 4.77. The van der Waals surface area contributed by atoms with Gasteiger partial charge in [-0.05, 0) is 47.4 Å². The molecule has 0 aliphatic heterocycles. The topological polar surface area (TPSA) is 41.8 Å². The van der Waals surface area contributed by atoms with Crippen LogP contribution in [0.5, 0.6) is 0 Å². The molecule has 0 aliphatic carbocycles. The molecule has 2 aromatic rings. The number of hydrogen-bond acceptors (Lipinski definition) is 1. The summed E-state index contributed by atoms with van der Waals surface area (Å²) in [6.07, 6.45) is 2.06. The van der Waals surface area contributed by atoms with Crippen LogP contribution in [0.3, 0.4) is 0 Å². The third-order valence-corrected chi connectivity index (χ3v) is 2.97. The van der Waals surface area contributed by atoms with E-state index in [4.69, 9.17) is 5.73 Å². The van der Waals surface area contributed by atoms with Crippen LogP contribution in [-0.2, 0) is 6.42 Å². The van der Waals surface area contributed by atoms with Gasteiger partial charge in [0, 0.05) is 15.6 Å². The highest BCUT2D eigenvalue weighted by atomic mass is 79.9. The van der Waals surface area contributed by atoms with Gasteiger partial charge in [0.05, 0.1) is 5.52 Å². The molecule has 0 amide bonds. The first-order chi connectivity index (χ1) is 6.81. The summed E-state index contributed by atoms with van der Waals surface area (Å²) in [6, 6.07) is 8.40. The van der Waals surface area contributed by atoms with Gasteiger partial charge in [0.1, 0.15) is 0 Å². The summed E-state index contributed by atoms with van der Waals surface area (Å²) in [4.78, 5) is 3.40. The Labute approximate surface area is 91.6 Å². The van der Waals surface area contributed by atoms with E-state index in [-0.39, 0.29) is 0 Å². The number of H-pyrrole nitrogens is 1. The number of aromatic nitrogens is 1. The number of halogens is 1. The summed E-state index contributed by atoms with van der Waals surface area (Å²) >= 11 is 3.52. The Morgan fingerprint density at radius 3 is 2.93 bits per heavy atom. The Hall–Kier alpha value is -0.800. The van der Waals surface area contributed by atoms with Crippen molar-refractivity contribution in [1.82, 2.24) is 4.98 Å². The van der Waals surface area contributed by atoms with E-state index in [1.54, 1.807) is 0 Å². The van der Waals surface area contributed by atoms with Crippen molar-refractivity contribution in [2.24, 2.45) is 5.73 Å². The number of nitrogens with two attached hydrogens (primary N) is 1. The lowest BCUT2D eigenvalue weighted by molar-refractivity contribution is 0.818. The number of aryl methyl sites for hydroxylation is 1. The molecule has 2 rings (SSSR count). The van der Waals surface area contributed by atoms with Crippen LogP contribution < -0.4 is 5.73 Å². The molecule has 0 aliphatic rings. The van der Waals surface area contributed by atoms with Crippen LogP contribution in [0.1, 0.15) is 12.1 Å². The smallest absolute Gasteiger partial charge is 0.0600 e. The summed E-state index contributed by atoms with van der Waals surface area (Å²) < 4.78 is 1.12. The molecule has 0 unspecified atom stereocenters. The van der Waals surface area contributed by atoms with E-state index >= 15 is 0 Å². The van der Waals surface area contributed by atoms with E-state index in [0.717, 1.165) is 23.9 Å². The van der Waals surface area contributed by atoms with Crippen molar-refractivity contribution in [2.45, 2.75) is 12.8 Å². The van der Waals surface area contributed by atoms with Crippen molar-refractivity contribution in [2.75, 3.05) is 6.54 Å². The summed E-state index contributed by atoms with van der Waals surface area (Å²) in [5.74, 6) is 0. The maximum atomic E-state index is 5.48. The lowest BCUT2D eigenvalue weighted by atomic mass is 10.2. The van der Waals surface area contributed by atoms with Gasteiger partial charge in [-0.3, -0.25) is 0 Å². The predicted octanol–water partition coefficient (Wildman–Crippen LogP) is 2.82. The van der Waals surface area contributed by atoms with Gasteiger partial charge in [-0.25, -0.2) is 0 Å². The number of fused-ring (bicyclic) bond motifs is 1. The van der Waals surface area contributed by atoms with E-state index < -0.39 is 0 Å². The van der Waals surface area contributed by atoms with E-state index in [1.807, 2.05) is 12.1 Å². The van der Waals surface area contributed by atoms with Crippen LogP contribution in [-0.4, -0.2) is 11.5 Å². The van der Waals surface area contributed by atoms with E-state index in [1.165, 1.54) is 16.6 Å². The number of rotatable bonds is 3. The second kappa shape index (κ2) is 4.15. The average Bonchev–Trinajstić information content (AvgIpc) is 2.59. The average molecular weight is 253 g/mol. The van der Waals surface area contributed by atoms with Crippen LogP contribution in [0.15, 0.2) is 28.7 Å². The molecule has 0 atom stereocenters. The summed E-state index contributed by atoms with van der Waals surface area (Å²) in [5, 5.41) is 1.26. The molecule has 1 heterocycles. The summed E-state index contributed by atoms with van der Waals surface area (Å²) in [6.45, 7) is 0.747. The van der Waals surface area contributed by atoms with Gasteiger partial charge in [-0.2, -0.15) is 0 Å². The maximum absolute atomic E-state index is 5.48. The predicted molar refractivity (Wildman–Crippen MR) is 63.4 cm³/mol. The molecule has 2 nitrogen and oxygen atoms in total. The van der Waals surface area contributed by atoms with Gasteiger partial charge < -0.3 is 10.7 Å². The van der Waals surface area contributed by atoms with E-state index in [0.29, 0.717) is 0 Å². The van der Waals surface area contributed by atoms with E-state index in [2.05, 4.69) is 33.0 Å². The second-order valence-corrected chi connectivity index (χ2v) is 4.25. The standard InChI is InChI=1S/C11H13BrN2/c12-10-5-1-3-8-7-9(4-2-6-13)14-11(8)10/h1,3,5,7,14H,2,4,6,13H2. The number of benzene rings is 1. The molecule has 3 heteroatoms. The molecule has 0 saturated heterocycles. The Bertz CT molecular complexity index is 434. The molecule has 0 radical (unpaired) electrons. The van der Waals surface area contributed by atoms with Crippen LogP contribution in [0.4, 0.5) is 0 Å². The van der Waals surface area contributed by atoms with Crippen molar-refractivity contribution in [3.05, 3.63) is 34.4 Å². The van der Waals surface area contributed by atoms with Gasteiger partial charge in [0.2, 0.25) is 0 Å².